The summed E-state index contributed by atoms with van der Waals surface area (Å²) in [4.78, 5) is 22.9. The molecule has 33 heavy (non-hydrogen) atoms. The van der Waals surface area contributed by atoms with Gasteiger partial charge in [-0.2, -0.15) is 13.2 Å². The molecule has 0 aliphatic heterocycles. The van der Waals surface area contributed by atoms with E-state index in [0.717, 1.165) is 23.8 Å². The van der Waals surface area contributed by atoms with Crippen LogP contribution in [-0.4, -0.2) is 17.5 Å². The summed E-state index contributed by atoms with van der Waals surface area (Å²) in [5, 5.41) is 0. The van der Waals surface area contributed by atoms with E-state index in [0.29, 0.717) is 12.0 Å². The van der Waals surface area contributed by atoms with Gasteiger partial charge in [-0.3, -0.25) is 0 Å². The highest BCUT2D eigenvalue weighted by Gasteiger charge is 2.35. The molecular formula is C26H27F3O4. The lowest BCUT2D eigenvalue weighted by molar-refractivity contribution is -0.151. The maximum absolute atomic E-state index is 13.7. The number of carbonyl (C=O) groups is 2. The van der Waals surface area contributed by atoms with Gasteiger partial charge in [0.2, 0.25) is 0 Å². The van der Waals surface area contributed by atoms with Gasteiger partial charge in [-0.15, -0.1) is 0 Å². The Balaban J connectivity index is 2.37. The van der Waals surface area contributed by atoms with Crippen molar-refractivity contribution in [3.63, 3.8) is 0 Å². The standard InChI is InChI=1S/C26H27F3O4/c1-7-22(30)32-19-13-14-20(21(15-19)26(27,28)29)17-9-11-18(12-10-17)24(3,4)16-25(5,6)33-23(31)8-2/h7-15H,1-2,16H2,3-6H3. The molecule has 0 fully saturated rings. The molecule has 0 aromatic heterocycles. The van der Waals surface area contributed by atoms with Gasteiger partial charge in [0.15, 0.2) is 0 Å². The molecule has 2 aromatic carbocycles. The predicted octanol–water partition coefficient (Wildman–Crippen LogP) is 6.64. The lowest BCUT2D eigenvalue weighted by atomic mass is 9.76. The van der Waals surface area contributed by atoms with Crippen molar-refractivity contribution in [3.8, 4) is 16.9 Å². The smallest absolute Gasteiger partial charge is 0.417 e. The van der Waals surface area contributed by atoms with E-state index < -0.39 is 34.7 Å². The fourth-order valence-corrected chi connectivity index (χ4v) is 3.85. The monoisotopic (exact) mass is 460 g/mol. The molecule has 0 saturated carbocycles. The zero-order chi connectivity index (χ0) is 25.0. The van der Waals surface area contributed by atoms with Gasteiger partial charge >= 0.3 is 18.1 Å². The Labute approximate surface area is 191 Å². The number of esters is 2. The molecule has 0 saturated heterocycles. The lowest BCUT2D eigenvalue weighted by Gasteiger charge is -2.35. The molecule has 0 spiro atoms. The molecule has 4 nitrogen and oxygen atoms in total. The van der Waals surface area contributed by atoms with E-state index in [-0.39, 0.29) is 11.3 Å². The van der Waals surface area contributed by atoms with Crippen molar-refractivity contribution in [2.75, 3.05) is 0 Å². The van der Waals surface area contributed by atoms with Gasteiger partial charge in [-0.25, -0.2) is 9.59 Å². The molecule has 2 rings (SSSR count). The van der Waals surface area contributed by atoms with E-state index in [9.17, 15) is 22.8 Å². The third kappa shape index (κ3) is 6.81. The van der Waals surface area contributed by atoms with Crippen LogP contribution in [0.5, 0.6) is 5.75 Å². The Hall–Kier alpha value is -3.35. The van der Waals surface area contributed by atoms with E-state index >= 15 is 0 Å². The number of hydrogen-bond acceptors (Lipinski definition) is 4. The van der Waals surface area contributed by atoms with Crippen molar-refractivity contribution in [2.24, 2.45) is 0 Å². The molecule has 0 heterocycles. The van der Waals surface area contributed by atoms with Crippen LogP contribution in [0, 0.1) is 0 Å². The van der Waals surface area contributed by atoms with Gasteiger partial charge < -0.3 is 9.47 Å². The second-order valence-electron chi connectivity index (χ2n) is 8.85. The van der Waals surface area contributed by atoms with Gasteiger partial charge in [-0.1, -0.05) is 57.3 Å². The summed E-state index contributed by atoms with van der Waals surface area (Å²) in [7, 11) is 0. The van der Waals surface area contributed by atoms with Gasteiger partial charge in [0.25, 0.3) is 0 Å². The van der Waals surface area contributed by atoms with Gasteiger partial charge in [-0.05, 0) is 54.5 Å². The second-order valence-corrected chi connectivity index (χ2v) is 8.85. The molecule has 0 atom stereocenters. The van der Waals surface area contributed by atoms with E-state index in [1.807, 2.05) is 13.8 Å². The third-order valence-electron chi connectivity index (χ3n) is 5.07. The van der Waals surface area contributed by atoms with Crippen molar-refractivity contribution in [1.29, 1.82) is 0 Å². The molecular weight excluding hydrogens is 433 g/mol. The first-order valence-corrected chi connectivity index (χ1v) is 10.2. The minimum atomic E-state index is -4.65. The van der Waals surface area contributed by atoms with Crippen molar-refractivity contribution >= 4 is 11.9 Å². The van der Waals surface area contributed by atoms with Crippen LogP contribution in [0.2, 0.25) is 0 Å². The van der Waals surface area contributed by atoms with Crippen molar-refractivity contribution in [1.82, 2.24) is 0 Å². The number of ether oxygens (including phenoxy) is 2. The molecule has 0 radical (unpaired) electrons. The van der Waals surface area contributed by atoms with Crippen LogP contribution in [0.4, 0.5) is 13.2 Å². The quantitative estimate of drug-likeness (QED) is 0.252. The Morgan fingerprint density at radius 2 is 1.48 bits per heavy atom. The summed E-state index contributed by atoms with van der Waals surface area (Å²) in [5.74, 6) is -1.58. The van der Waals surface area contributed by atoms with Crippen molar-refractivity contribution < 1.29 is 32.2 Å². The van der Waals surface area contributed by atoms with Crippen LogP contribution in [0.25, 0.3) is 11.1 Å². The summed E-state index contributed by atoms with van der Waals surface area (Å²) >= 11 is 0. The summed E-state index contributed by atoms with van der Waals surface area (Å²) < 4.78 is 51.4. The minimum absolute atomic E-state index is 0.0366. The maximum Gasteiger partial charge on any atom is 0.417 e. The Bertz CT molecular complexity index is 1050. The van der Waals surface area contributed by atoms with Crippen LogP contribution in [0.3, 0.4) is 0 Å². The SMILES string of the molecule is C=CC(=O)Oc1ccc(-c2ccc(C(C)(C)CC(C)(C)OC(=O)C=C)cc2)c(C(F)(F)F)c1. The van der Waals surface area contributed by atoms with Gasteiger partial charge in [0.1, 0.15) is 11.4 Å². The first-order valence-electron chi connectivity index (χ1n) is 10.2. The minimum Gasteiger partial charge on any atom is -0.456 e. The molecule has 2 aromatic rings. The average molecular weight is 460 g/mol. The number of hydrogen-bond donors (Lipinski definition) is 0. The summed E-state index contributed by atoms with van der Waals surface area (Å²) in [6.07, 6.45) is -2.19. The first-order chi connectivity index (χ1) is 15.2. The Kier molecular flexibility index (Phi) is 7.57. The van der Waals surface area contributed by atoms with Crippen LogP contribution in [0.1, 0.15) is 45.2 Å². The number of alkyl halides is 3. The Morgan fingerprint density at radius 3 is 2.00 bits per heavy atom. The summed E-state index contributed by atoms with van der Waals surface area (Å²) in [6, 6.07) is 10.1. The average Bonchev–Trinajstić information content (AvgIpc) is 2.71. The van der Waals surface area contributed by atoms with E-state index in [2.05, 4.69) is 13.2 Å². The molecule has 0 unspecified atom stereocenters. The fourth-order valence-electron chi connectivity index (χ4n) is 3.85. The highest BCUT2D eigenvalue weighted by atomic mass is 19.4. The maximum atomic E-state index is 13.7. The third-order valence-corrected chi connectivity index (χ3v) is 5.07. The summed E-state index contributed by atoms with van der Waals surface area (Å²) in [6.45, 7) is 14.2. The Morgan fingerprint density at radius 1 is 0.909 bits per heavy atom. The van der Waals surface area contributed by atoms with Crippen LogP contribution in [0.15, 0.2) is 67.8 Å². The van der Waals surface area contributed by atoms with E-state index in [1.54, 1.807) is 38.1 Å². The molecule has 0 amide bonds. The number of carbonyl (C=O) groups excluding carboxylic acids is 2. The first kappa shape index (κ1) is 25.9. The molecule has 176 valence electrons. The zero-order valence-electron chi connectivity index (χ0n) is 19.1. The highest BCUT2D eigenvalue weighted by Crippen LogP contribution is 2.40. The summed E-state index contributed by atoms with van der Waals surface area (Å²) in [5.41, 5.74) is -0.916. The fraction of sp³-hybridized carbons (Fsp3) is 0.308. The number of rotatable bonds is 8. The van der Waals surface area contributed by atoms with Crippen molar-refractivity contribution in [3.05, 3.63) is 78.9 Å². The number of halogens is 3. The molecule has 0 aliphatic rings. The van der Waals surface area contributed by atoms with Crippen molar-refractivity contribution in [2.45, 2.75) is 51.3 Å². The van der Waals surface area contributed by atoms with Crippen LogP contribution in [-0.2, 0) is 25.9 Å². The van der Waals surface area contributed by atoms with E-state index in [4.69, 9.17) is 9.47 Å². The normalized spacial score (nSPS) is 12.1. The van der Waals surface area contributed by atoms with Gasteiger partial charge in [0, 0.05) is 12.2 Å². The van der Waals surface area contributed by atoms with Crippen LogP contribution >= 0.6 is 0 Å². The molecule has 7 heteroatoms. The topological polar surface area (TPSA) is 52.6 Å². The predicted molar refractivity (Wildman–Crippen MR) is 121 cm³/mol. The number of benzene rings is 2. The molecule has 0 aliphatic carbocycles. The van der Waals surface area contributed by atoms with E-state index in [1.165, 1.54) is 12.1 Å². The second kappa shape index (κ2) is 9.65. The lowest BCUT2D eigenvalue weighted by Crippen LogP contribution is -2.35. The molecule has 0 bridgehead atoms. The van der Waals surface area contributed by atoms with Crippen LogP contribution < -0.4 is 4.74 Å². The molecule has 0 N–H and O–H groups in total. The van der Waals surface area contributed by atoms with Gasteiger partial charge in [0.05, 0.1) is 5.56 Å². The zero-order valence-corrected chi connectivity index (χ0v) is 19.1. The largest absolute Gasteiger partial charge is 0.456 e. The highest BCUT2D eigenvalue weighted by molar-refractivity contribution is 5.83.